The van der Waals surface area contributed by atoms with Crippen molar-refractivity contribution >= 4 is 41.3 Å². The van der Waals surface area contributed by atoms with Crippen LogP contribution < -0.4 is 11.1 Å². The molecule has 1 unspecified atom stereocenters. The molecule has 0 aliphatic heterocycles. The van der Waals surface area contributed by atoms with Crippen molar-refractivity contribution in [3.05, 3.63) is 22.4 Å². The number of thiophene rings is 1. The Morgan fingerprint density at radius 2 is 2.13 bits per heavy atom. The van der Waals surface area contributed by atoms with E-state index < -0.39 is 0 Å². The summed E-state index contributed by atoms with van der Waals surface area (Å²) in [5.74, 6) is 1.35. The second kappa shape index (κ2) is 11.3. The van der Waals surface area contributed by atoms with Crippen molar-refractivity contribution in [1.82, 2.24) is 10.2 Å². The van der Waals surface area contributed by atoms with Gasteiger partial charge in [-0.1, -0.05) is 25.3 Å². The lowest BCUT2D eigenvalue weighted by molar-refractivity contribution is 0.176. The predicted octanol–water partition coefficient (Wildman–Crippen LogP) is 3.32. The number of aliphatic imine (C=N–C) groups is 1. The normalized spacial score (nSPS) is 17.8. The fraction of sp³-hybridized carbons (Fsp3) is 0.706. The summed E-state index contributed by atoms with van der Waals surface area (Å²) in [7, 11) is 4.32. The van der Waals surface area contributed by atoms with Gasteiger partial charge in [0.1, 0.15) is 0 Å². The molecule has 0 radical (unpaired) electrons. The molecule has 6 heteroatoms. The van der Waals surface area contributed by atoms with E-state index in [1.165, 1.54) is 37.0 Å². The highest BCUT2D eigenvalue weighted by Gasteiger charge is 2.24. The van der Waals surface area contributed by atoms with Crippen LogP contribution in [0.2, 0.25) is 0 Å². The number of halogens is 1. The van der Waals surface area contributed by atoms with Crippen molar-refractivity contribution in [2.24, 2.45) is 16.6 Å². The van der Waals surface area contributed by atoms with E-state index in [1.54, 1.807) is 11.3 Å². The van der Waals surface area contributed by atoms with Crippen molar-refractivity contribution in [3.63, 3.8) is 0 Å². The average molecular weight is 450 g/mol. The second-order valence-electron chi connectivity index (χ2n) is 6.41. The van der Waals surface area contributed by atoms with Gasteiger partial charge >= 0.3 is 0 Å². The first-order valence-corrected chi connectivity index (χ1v) is 9.27. The minimum atomic E-state index is 0. The molecule has 4 nitrogen and oxygen atoms in total. The zero-order valence-corrected chi connectivity index (χ0v) is 17.5. The molecule has 132 valence electrons. The molecule has 0 saturated heterocycles. The number of hydrogen-bond donors (Lipinski definition) is 2. The SMILES string of the molecule is CN(C)C(CN=C(N)NCCc1cccs1)C1CCCCC1.I. The Balaban J connectivity index is 0.00000264. The molecule has 3 N–H and O–H groups in total. The van der Waals surface area contributed by atoms with Gasteiger partial charge in [0.05, 0.1) is 6.54 Å². The maximum Gasteiger partial charge on any atom is 0.188 e. The molecule has 1 aliphatic rings. The molecule has 1 heterocycles. The van der Waals surface area contributed by atoms with E-state index in [-0.39, 0.29) is 24.0 Å². The molecule has 2 rings (SSSR count). The third-order valence-corrected chi connectivity index (χ3v) is 5.50. The van der Waals surface area contributed by atoms with Crippen LogP contribution in [0.5, 0.6) is 0 Å². The van der Waals surface area contributed by atoms with Gasteiger partial charge < -0.3 is 16.0 Å². The Hall–Kier alpha value is -0.340. The highest BCUT2D eigenvalue weighted by Crippen LogP contribution is 2.28. The summed E-state index contributed by atoms with van der Waals surface area (Å²) in [5, 5.41) is 5.34. The van der Waals surface area contributed by atoms with Crippen molar-refractivity contribution in [2.75, 3.05) is 27.2 Å². The van der Waals surface area contributed by atoms with Gasteiger partial charge in [-0.3, -0.25) is 4.99 Å². The van der Waals surface area contributed by atoms with Gasteiger partial charge in [-0.2, -0.15) is 0 Å². The minimum absolute atomic E-state index is 0. The van der Waals surface area contributed by atoms with Crippen LogP contribution in [0, 0.1) is 5.92 Å². The Kier molecular flexibility index (Phi) is 10.1. The molecule has 0 spiro atoms. The largest absolute Gasteiger partial charge is 0.370 e. The fourth-order valence-corrected chi connectivity index (χ4v) is 3.98. The van der Waals surface area contributed by atoms with Gasteiger partial charge in [0.15, 0.2) is 5.96 Å². The molecule has 0 amide bonds. The van der Waals surface area contributed by atoms with Crippen LogP contribution >= 0.6 is 35.3 Å². The summed E-state index contributed by atoms with van der Waals surface area (Å²) in [6.45, 7) is 1.65. The van der Waals surface area contributed by atoms with Crippen LogP contribution in [0.25, 0.3) is 0 Å². The monoisotopic (exact) mass is 450 g/mol. The molecule has 1 aromatic rings. The molecule has 0 aromatic carbocycles. The van der Waals surface area contributed by atoms with Crippen LogP contribution in [-0.2, 0) is 6.42 Å². The lowest BCUT2D eigenvalue weighted by Gasteiger charge is -2.33. The van der Waals surface area contributed by atoms with Crippen LogP contribution in [0.3, 0.4) is 0 Å². The molecule has 0 bridgehead atoms. The van der Waals surface area contributed by atoms with Gasteiger partial charge in [-0.15, -0.1) is 35.3 Å². The quantitative estimate of drug-likeness (QED) is 0.381. The zero-order valence-electron chi connectivity index (χ0n) is 14.3. The number of nitrogens with two attached hydrogens (primary N) is 1. The van der Waals surface area contributed by atoms with Gasteiger partial charge in [0.2, 0.25) is 0 Å². The number of nitrogens with zero attached hydrogens (tertiary/aromatic N) is 2. The van der Waals surface area contributed by atoms with E-state index in [9.17, 15) is 0 Å². The van der Waals surface area contributed by atoms with E-state index >= 15 is 0 Å². The molecular formula is C17H31IN4S. The zero-order chi connectivity index (χ0) is 15.8. The van der Waals surface area contributed by atoms with Crippen molar-refractivity contribution in [3.8, 4) is 0 Å². The van der Waals surface area contributed by atoms with Gasteiger partial charge in [0, 0.05) is 17.5 Å². The Labute approximate surface area is 161 Å². The summed E-state index contributed by atoms with van der Waals surface area (Å²) in [4.78, 5) is 8.29. The molecule has 23 heavy (non-hydrogen) atoms. The second-order valence-corrected chi connectivity index (χ2v) is 7.44. The minimum Gasteiger partial charge on any atom is -0.370 e. The molecule has 1 atom stereocenters. The highest BCUT2D eigenvalue weighted by atomic mass is 127. The summed E-state index contributed by atoms with van der Waals surface area (Å²) in [5.41, 5.74) is 6.01. The molecular weight excluding hydrogens is 419 g/mol. The van der Waals surface area contributed by atoms with E-state index in [0.717, 1.165) is 25.4 Å². The maximum absolute atomic E-state index is 6.01. The van der Waals surface area contributed by atoms with Crippen LogP contribution in [0.15, 0.2) is 22.5 Å². The lowest BCUT2D eigenvalue weighted by atomic mass is 9.83. The average Bonchev–Trinajstić information content (AvgIpc) is 3.01. The van der Waals surface area contributed by atoms with Gasteiger partial charge in [0.25, 0.3) is 0 Å². The van der Waals surface area contributed by atoms with E-state index in [0.29, 0.717) is 12.0 Å². The highest BCUT2D eigenvalue weighted by molar-refractivity contribution is 14.0. The van der Waals surface area contributed by atoms with E-state index in [1.807, 2.05) is 0 Å². The first-order chi connectivity index (χ1) is 10.7. The lowest BCUT2D eigenvalue weighted by Crippen LogP contribution is -2.40. The number of likely N-dealkylation sites (N-methyl/N-ethyl adjacent to an activating group) is 1. The Morgan fingerprint density at radius 1 is 1.39 bits per heavy atom. The number of rotatable bonds is 7. The smallest absolute Gasteiger partial charge is 0.188 e. The summed E-state index contributed by atoms with van der Waals surface area (Å²) >= 11 is 1.79. The van der Waals surface area contributed by atoms with Crippen LogP contribution in [-0.4, -0.2) is 44.1 Å². The van der Waals surface area contributed by atoms with Crippen molar-refractivity contribution in [1.29, 1.82) is 0 Å². The third kappa shape index (κ3) is 7.39. The van der Waals surface area contributed by atoms with Crippen LogP contribution in [0.1, 0.15) is 37.0 Å². The standard InChI is InChI=1S/C17H30N4S.HI/c1-21(2)16(14-7-4-3-5-8-14)13-20-17(18)19-11-10-15-9-6-12-22-15;/h6,9,12,14,16H,3-5,7-8,10-11,13H2,1-2H3,(H3,18,19,20);1H. The number of hydrogen-bond acceptors (Lipinski definition) is 3. The predicted molar refractivity (Wildman–Crippen MR) is 112 cm³/mol. The van der Waals surface area contributed by atoms with Crippen molar-refractivity contribution in [2.45, 2.75) is 44.6 Å². The fourth-order valence-electron chi connectivity index (χ4n) is 3.27. The molecule has 1 saturated carbocycles. The Morgan fingerprint density at radius 3 is 2.74 bits per heavy atom. The van der Waals surface area contributed by atoms with Gasteiger partial charge in [-0.25, -0.2) is 0 Å². The van der Waals surface area contributed by atoms with E-state index in [2.05, 4.69) is 46.8 Å². The maximum atomic E-state index is 6.01. The molecule has 1 fully saturated rings. The number of nitrogens with one attached hydrogen (secondary N) is 1. The first kappa shape index (κ1) is 20.7. The van der Waals surface area contributed by atoms with Crippen molar-refractivity contribution < 1.29 is 0 Å². The number of guanidine groups is 1. The molecule has 1 aromatic heterocycles. The summed E-state index contributed by atoms with van der Waals surface area (Å²) < 4.78 is 0. The first-order valence-electron chi connectivity index (χ1n) is 8.39. The van der Waals surface area contributed by atoms with E-state index in [4.69, 9.17) is 5.73 Å². The third-order valence-electron chi connectivity index (χ3n) is 4.56. The summed E-state index contributed by atoms with van der Waals surface area (Å²) in [6.07, 6.45) is 7.81. The molecule has 1 aliphatic carbocycles. The van der Waals surface area contributed by atoms with Gasteiger partial charge in [-0.05, 0) is 50.7 Å². The summed E-state index contributed by atoms with van der Waals surface area (Å²) in [6, 6.07) is 4.76. The Bertz CT molecular complexity index is 441. The topological polar surface area (TPSA) is 53.6 Å². The van der Waals surface area contributed by atoms with Crippen LogP contribution in [0.4, 0.5) is 0 Å².